The lowest BCUT2D eigenvalue weighted by Gasteiger charge is -2.31. The average Bonchev–Trinajstić information content (AvgIpc) is 2.71. The quantitative estimate of drug-likeness (QED) is 0.473. The Morgan fingerprint density at radius 3 is 2.30 bits per heavy atom. The number of carboxylic acid groups (broad SMARTS) is 1. The topological polar surface area (TPSA) is 108 Å². The Balaban J connectivity index is 2.04. The van der Waals surface area contributed by atoms with Crippen molar-refractivity contribution in [3.05, 3.63) is 33.8 Å². The lowest BCUT2D eigenvalue weighted by Crippen LogP contribution is -2.57. The van der Waals surface area contributed by atoms with E-state index < -0.39 is 30.0 Å². The maximum atomic E-state index is 12.9. The van der Waals surface area contributed by atoms with Crippen molar-refractivity contribution < 1.29 is 19.5 Å². The van der Waals surface area contributed by atoms with E-state index >= 15 is 0 Å². The molecule has 2 atom stereocenters. The number of benzene rings is 1. The van der Waals surface area contributed by atoms with Crippen molar-refractivity contribution in [1.29, 1.82) is 0 Å². The molecule has 0 aliphatic heterocycles. The van der Waals surface area contributed by atoms with E-state index in [1.807, 2.05) is 0 Å². The third-order valence-corrected chi connectivity index (χ3v) is 6.10. The lowest BCUT2D eigenvalue weighted by atomic mass is 9.83. The molecule has 0 radical (unpaired) electrons. The van der Waals surface area contributed by atoms with Crippen molar-refractivity contribution in [2.75, 3.05) is 0 Å². The van der Waals surface area contributed by atoms with Crippen LogP contribution in [-0.4, -0.2) is 35.1 Å². The van der Waals surface area contributed by atoms with Crippen LogP contribution in [0.1, 0.15) is 51.5 Å². The second-order valence-corrected chi connectivity index (χ2v) is 8.83. The van der Waals surface area contributed by atoms with Crippen LogP contribution in [0.5, 0.6) is 0 Å². The number of carbonyl (C=O) groups is 3. The number of carboxylic acids is 1. The molecule has 0 bridgehead atoms. The summed E-state index contributed by atoms with van der Waals surface area (Å²) in [7, 11) is 0. The van der Waals surface area contributed by atoms with Gasteiger partial charge in [-0.1, -0.05) is 62.4 Å². The van der Waals surface area contributed by atoms with Crippen molar-refractivity contribution >= 4 is 41.1 Å². The van der Waals surface area contributed by atoms with Crippen LogP contribution in [0.25, 0.3) is 0 Å². The summed E-state index contributed by atoms with van der Waals surface area (Å²) in [6.45, 7) is 3.67. The van der Waals surface area contributed by atoms with Crippen molar-refractivity contribution in [1.82, 2.24) is 16.0 Å². The van der Waals surface area contributed by atoms with Gasteiger partial charge in [0.2, 0.25) is 5.91 Å². The maximum Gasteiger partial charge on any atom is 0.326 e. The smallest absolute Gasteiger partial charge is 0.326 e. The standard InChI is InChI=1S/C21H29Cl2N3O4/c1-12(2)17(20(28)29)25-19(27)18(14-6-4-3-5-7-14)26-21(30)24-11-13-8-9-15(22)16(23)10-13/h8-10,12,14,17-18H,3-7,11H2,1-2H3,(H,25,27)(H,28,29)(H2,24,26,30)/t17-,18-/m0/s1. The van der Waals surface area contributed by atoms with Gasteiger partial charge in [-0.25, -0.2) is 9.59 Å². The van der Waals surface area contributed by atoms with Gasteiger partial charge < -0.3 is 21.1 Å². The van der Waals surface area contributed by atoms with E-state index in [0.717, 1.165) is 37.7 Å². The van der Waals surface area contributed by atoms with Crippen LogP contribution < -0.4 is 16.0 Å². The monoisotopic (exact) mass is 457 g/mol. The molecule has 166 valence electrons. The van der Waals surface area contributed by atoms with Gasteiger partial charge in [0.25, 0.3) is 0 Å². The minimum atomic E-state index is -1.09. The molecule has 1 fully saturated rings. The number of rotatable bonds is 8. The third-order valence-electron chi connectivity index (χ3n) is 5.36. The van der Waals surface area contributed by atoms with Gasteiger partial charge in [-0.05, 0) is 42.4 Å². The van der Waals surface area contributed by atoms with Gasteiger partial charge in [0.15, 0.2) is 0 Å². The normalized spacial score (nSPS) is 16.6. The van der Waals surface area contributed by atoms with Crippen molar-refractivity contribution in [2.24, 2.45) is 11.8 Å². The van der Waals surface area contributed by atoms with Gasteiger partial charge in [-0.15, -0.1) is 0 Å². The maximum absolute atomic E-state index is 12.9. The van der Waals surface area contributed by atoms with Gasteiger partial charge in [-0.3, -0.25) is 4.79 Å². The SMILES string of the molecule is CC(C)[C@H](NC(=O)[C@@H](NC(=O)NCc1ccc(Cl)c(Cl)c1)C1CCCCC1)C(=O)O. The van der Waals surface area contributed by atoms with Crippen LogP contribution in [0.15, 0.2) is 18.2 Å². The number of carbonyl (C=O) groups excluding carboxylic acids is 2. The fraction of sp³-hybridized carbons (Fsp3) is 0.571. The number of hydrogen-bond acceptors (Lipinski definition) is 3. The molecule has 0 unspecified atom stereocenters. The first kappa shape index (κ1) is 24.3. The molecule has 1 aliphatic carbocycles. The Hall–Kier alpha value is -1.99. The molecule has 2 rings (SSSR count). The molecular weight excluding hydrogens is 429 g/mol. The predicted octanol–water partition coefficient (Wildman–Crippen LogP) is 3.97. The summed E-state index contributed by atoms with van der Waals surface area (Å²) in [4.78, 5) is 36.9. The number of aliphatic carboxylic acids is 1. The highest BCUT2D eigenvalue weighted by Gasteiger charge is 2.34. The molecule has 7 nitrogen and oxygen atoms in total. The van der Waals surface area contributed by atoms with Gasteiger partial charge >= 0.3 is 12.0 Å². The predicted molar refractivity (Wildman–Crippen MR) is 117 cm³/mol. The summed E-state index contributed by atoms with van der Waals surface area (Å²) in [6.07, 6.45) is 4.67. The molecule has 1 aliphatic rings. The zero-order valence-electron chi connectivity index (χ0n) is 17.2. The van der Waals surface area contributed by atoms with Crippen molar-refractivity contribution in [2.45, 2.75) is 64.6 Å². The second-order valence-electron chi connectivity index (χ2n) is 8.02. The number of halogens is 2. The van der Waals surface area contributed by atoms with E-state index in [1.54, 1.807) is 32.0 Å². The summed E-state index contributed by atoms with van der Waals surface area (Å²) in [5, 5.41) is 18.3. The molecule has 30 heavy (non-hydrogen) atoms. The van der Waals surface area contributed by atoms with Crippen LogP contribution in [0.2, 0.25) is 10.0 Å². The Bertz CT molecular complexity index is 767. The van der Waals surface area contributed by atoms with E-state index in [2.05, 4.69) is 16.0 Å². The van der Waals surface area contributed by atoms with E-state index in [-0.39, 0.29) is 18.4 Å². The largest absolute Gasteiger partial charge is 0.480 e. The van der Waals surface area contributed by atoms with Gasteiger partial charge in [0.05, 0.1) is 10.0 Å². The molecule has 0 aromatic heterocycles. The zero-order chi connectivity index (χ0) is 22.3. The van der Waals surface area contributed by atoms with Crippen molar-refractivity contribution in [3.8, 4) is 0 Å². The van der Waals surface area contributed by atoms with Crippen LogP contribution in [0, 0.1) is 11.8 Å². The van der Waals surface area contributed by atoms with E-state index in [1.165, 1.54) is 0 Å². The Morgan fingerprint density at radius 1 is 1.07 bits per heavy atom. The molecule has 0 spiro atoms. The molecule has 1 aromatic carbocycles. The Labute approximate surface area is 186 Å². The lowest BCUT2D eigenvalue weighted by molar-refractivity contribution is -0.143. The summed E-state index contributed by atoms with van der Waals surface area (Å²) in [5.74, 6) is -1.87. The first-order chi connectivity index (χ1) is 14.2. The average molecular weight is 458 g/mol. The highest BCUT2D eigenvalue weighted by Crippen LogP contribution is 2.27. The molecule has 4 N–H and O–H groups in total. The Morgan fingerprint density at radius 2 is 1.73 bits per heavy atom. The van der Waals surface area contributed by atoms with Crippen LogP contribution in [0.3, 0.4) is 0 Å². The highest BCUT2D eigenvalue weighted by atomic mass is 35.5. The second kappa shape index (κ2) is 11.4. The summed E-state index contributed by atoms with van der Waals surface area (Å²) in [6, 6.07) is 2.76. The first-order valence-corrected chi connectivity index (χ1v) is 11.0. The van der Waals surface area contributed by atoms with E-state index in [0.29, 0.717) is 10.0 Å². The Kier molecular flexibility index (Phi) is 9.24. The fourth-order valence-corrected chi connectivity index (χ4v) is 3.97. The van der Waals surface area contributed by atoms with Crippen molar-refractivity contribution in [3.63, 3.8) is 0 Å². The minimum absolute atomic E-state index is 0.0314. The summed E-state index contributed by atoms with van der Waals surface area (Å²) in [5.41, 5.74) is 0.768. The number of hydrogen-bond donors (Lipinski definition) is 4. The molecule has 1 saturated carbocycles. The summed E-state index contributed by atoms with van der Waals surface area (Å²) >= 11 is 11.9. The summed E-state index contributed by atoms with van der Waals surface area (Å²) < 4.78 is 0. The third kappa shape index (κ3) is 7.06. The number of nitrogens with one attached hydrogen (secondary N) is 3. The fourth-order valence-electron chi connectivity index (χ4n) is 3.65. The van der Waals surface area contributed by atoms with Crippen LogP contribution >= 0.6 is 23.2 Å². The molecule has 1 aromatic rings. The highest BCUT2D eigenvalue weighted by molar-refractivity contribution is 6.42. The molecule has 9 heteroatoms. The van der Waals surface area contributed by atoms with E-state index in [4.69, 9.17) is 23.2 Å². The van der Waals surface area contributed by atoms with E-state index in [9.17, 15) is 19.5 Å². The number of urea groups is 1. The van der Waals surface area contributed by atoms with Gasteiger partial charge in [0.1, 0.15) is 12.1 Å². The number of amides is 3. The minimum Gasteiger partial charge on any atom is -0.480 e. The molecule has 0 saturated heterocycles. The molecule has 3 amide bonds. The molecule has 0 heterocycles. The van der Waals surface area contributed by atoms with Gasteiger partial charge in [-0.2, -0.15) is 0 Å². The first-order valence-electron chi connectivity index (χ1n) is 10.2. The van der Waals surface area contributed by atoms with Crippen LogP contribution in [0.4, 0.5) is 4.79 Å². The van der Waals surface area contributed by atoms with Crippen LogP contribution in [-0.2, 0) is 16.1 Å². The van der Waals surface area contributed by atoms with Gasteiger partial charge in [0, 0.05) is 6.54 Å². The zero-order valence-corrected chi connectivity index (χ0v) is 18.7. The molecular formula is C21H29Cl2N3O4.